The molecule has 48 heavy (non-hydrogen) atoms. The van der Waals surface area contributed by atoms with Crippen molar-refractivity contribution in [2.24, 2.45) is 5.41 Å². The smallest absolute Gasteiger partial charge is 0.307 e. The largest absolute Gasteiger partial charge is 0.463 e. The minimum Gasteiger partial charge on any atom is -0.463 e. The zero-order valence-electron chi connectivity index (χ0n) is 29.0. The summed E-state index contributed by atoms with van der Waals surface area (Å²) in [6.45, 7) is 15.2. The number of morpholine rings is 3. The summed E-state index contributed by atoms with van der Waals surface area (Å²) in [7, 11) is 0. The summed E-state index contributed by atoms with van der Waals surface area (Å²) in [5.41, 5.74) is -0.499. The number of hydrogen-bond donors (Lipinski definition) is 0. The number of carbonyl (C=O) groups excluding carboxylic acids is 3. The van der Waals surface area contributed by atoms with Gasteiger partial charge in [-0.1, -0.05) is 6.92 Å². The third-order valence-electron chi connectivity index (χ3n) is 8.65. The molecular formula is C33H59N3O12. The second kappa shape index (κ2) is 25.1. The van der Waals surface area contributed by atoms with E-state index in [0.29, 0.717) is 105 Å². The summed E-state index contributed by atoms with van der Waals surface area (Å²) in [4.78, 5) is 43.1. The van der Waals surface area contributed by atoms with Gasteiger partial charge in [0.1, 0.15) is 19.8 Å². The Morgan fingerprint density at radius 3 is 1.06 bits per heavy atom. The number of ether oxygens (including phenoxy) is 9. The highest BCUT2D eigenvalue weighted by Gasteiger charge is 2.30. The van der Waals surface area contributed by atoms with Gasteiger partial charge in [0.05, 0.1) is 98.5 Å². The van der Waals surface area contributed by atoms with Crippen LogP contribution >= 0.6 is 0 Å². The number of nitrogens with zero attached hydrogens (tertiary/aromatic N) is 3. The topological polar surface area (TPSA) is 144 Å². The summed E-state index contributed by atoms with van der Waals surface area (Å²) < 4.78 is 50.0. The molecule has 15 heteroatoms. The normalized spacial score (nSPS) is 18.4. The van der Waals surface area contributed by atoms with Crippen LogP contribution in [0, 0.1) is 5.41 Å². The lowest BCUT2D eigenvalue weighted by molar-refractivity contribution is -0.148. The molecule has 15 nitrogen and oxygen atoms in total. The minimum atomic E-state index is -0.499. The van der Waals surface area contributed by atoms with Crippen molar-refractivity contribution in [3.63, 3.8) is 0 Å². The Bertz CT molecular complexity index is 773. The molecule has 0 radical (unpaired) electrons. The molecule has 278 valence electrons. The fraction of sp³-hybridized carbons (Fsp3) is 0.909. The Hall–Kier alpha value is -1.95. The first kappa shape index (κ1) is 40.5. The van der Waals surface area contributed by atoms with Crippen molar-refractivity contribution in [3.05, 3.63) is 0 Å². The second-order valence-corrected chi connectivity index (χ2v) is 12.3. The molecule has 0 unspecified atom stereocenters. The summed E-state index contributed by atoms with van der Waals surface area (Å²) >= 11 is 0. The van der Waals surface area contributed by atoms with Crippen molar-refractivity contribution in [2.75, 3.05) is 158 Å². The molecule has 3 saturated heterocycles. The number of carbonyl (C=O) groups is 3. The van der Waals surface area contributed by atoms with Gasteiger partial charge in [0.2, 0.25) is 0 Å². The highest BCUT2D eigenvalue weighted by atomic mass is 16.6. The average molecular weight is 690 g/mol. The van der Waals surface area contributed by atoms with Gasteiger partial charge >= 0.3 is 17.9 Å². The first-order chi connectivity index (χ1) is 23.5. The minimum absolute atomic E-state index is 0.157. The highest BCUT2D eigenvalue weighted by Crippen LogP contribution is 2.24. The zero-order valence-corrected chi connectivity index (χ0v) is 29.0. The third-order valence-corrected chi connectivity index (χ3v) is 8.65. The van der Waals surface area contributed by atoms with Crippen LogP contribution in [-0.2, 0) is 57.0 Å². The maximum absolute atomic E-state index is 12.2. The molecule has 3 heterocycles. The molecule has 0 saturated carbocycles. The van der Waals surface area contributed by atoms with E-state index in [4.69, 9.17) is 42.6 Å². The van der Waals surface area contributed by atoms with Gasteiger partial charge in [-0.25, -0.2) is 0 Å². The van der Waals surface area contributed by atoms with Crippen molar-refractivity contribution >= 4 is 17.9 Å². The van der Waals surface area contributed by atoms with Gasteiger partial charge in [-0.2, -0.15) is 0 Å². The summed E-state index contributed by atoms with van der Waals surface area (Å²) in [5, 5.41) is 0. The van der Waals surface area contributed by atoms with Crippen LogP contribution < -0.4 is 0 Å². The van der Waals surface area contributed by atoms with Gasteiger partial charge in [0.15, 0.2) is 0 Å². The summed E-state index contributed by atoms with van der Waals surface area (Å²) in [6, 6.07) is 0. The Labute approximate surface area is 285 Å². The van der Waals surface area contributed by atoms with Crippen molar-refractivity contribution in [1.82, 2.24) is 14.7 Å². The zero-order chi connectivity index (χ0) is 34.1. The van der Waals surface area contributed by atoms with E-state index in [1.54, 1.807) is 0 Å². The standard InChI is InChI=1S/C33H59N3O12/c1-2-33(27-43-21-24-46-30(37)3-6-34-9-15-40-16-10-34,28-44-22-25-47-31(38)4-7-35-11-17-41-18-12-35)29-45-23-26-48-32(39)5-8-36-13-19-42-20-14-36/h2-29H2,1H3. The molecular weight excluding hydrogens is 630 g/mol. The van der Waals surface area contributed by atoms with E-state index in [1.807, 2.05) is 6.92 Å². The van der Waals surface area contributed by atoms with Crippen LogP contribution in [0.25, 0.3) is 0 Å². The Kier molecular flexibility index (Phi) is 21.1. The predicted octanol–water partition coefficient (Wildman–Crippen LogP) is 0.229. The van der Waals surface area contributed by atoms with Crippen LogP contribution in [0.3, 0.4) is 0 Å². The predicted molar refractivity (Wildman–Crippen MR) is 174 cm³/mol. The van der Waals surface area contributed by atoms with Gasteiger partial charge in [-0.3, -0.25) is 29.1 Å². The number of rotatable bonds is 25. The highest BCUT2D eigenvalue weighted by molar-refractivity contribution is 5.70. The molecule has 3 aliphatic rings. The lowest BCUT2D eigenvalue weighted by Crippen LogP contribution is -2.38. The van der Waals surface area contributed by atoms with Gasteiger partial charge in [-0.15, -0.1) is 0 Å². The Morgan fingerprint density at radius 2 is 0.792 bits per heavy atom. The van der Waals surface area contributed by atoms with Crippen LogP contribution in [-0.4, -0.2) is 191 Å². The first-order valence-corrected chi connectivity index (χ1v) is 17.6. The fourth-order valence-corrected chi connectivity index (χ4v) is 5.38. The molecule has 0 aliphatic carbocycles. The fourth-order valence-electron chi connectivity index (χ4n) is 5.38. The van der Waals surface area contributed by atoms with Crippen LogP contribution in [0.15, 0.2) is 0 Å². The average Bonchev–Trinajstić information content (AvgIpc) is 3.12. The van der Waals surface area contributed by atoms with Crippen molar-refractivity contribution in [3.8, 4) is 0 Å². The number of hydrogen-bond acceptors (Lipinski definition) is 15. The Morgan fingerprint density at radius 1 is 0.500 bits per heavy atom. The van der Waals surface area contributed by atoms with Crippen molar-refractivity contribution < 1.29 is 57.0 Å². The quantitative estimate of drug-likeness (QED) is 0.0732. The van der Waals surface area contributed by atoms with Gasteiger partial charge < -0.3 is 42.6 Å². The van der Waals surface area contributed by atoms with E-state index in [1.165, 1.54) is 0 Å². The Balaban J connectivity index is 1.33. The van der Waals surface area contributed by atoms with Gasteiger partial charge in [0.25, 0.3) is 0 Å². The monoisotopic (exact) mass is 689 g/mol. The summed E-state index contributed by atoms with van der Waals surface area (Å²) in [5.74, 6) is -0.757. The first-order valence-electron chi connectivity index (χ1n) is 17.6. The maximum Gasteiger partial charge on any atom is 0.307 e. The molecule has 0 atom stereocenters. The second-order valence-electron chi connectivity index (χ2n) is 12.3. The molecule has 3 fully saturated rings. The summed E-state index contributed by atoms with van der Waals surface area (Å²) in [6.07, 6.45) is 1.67. The molecule has 0 amide bonds. The lowest BCUT2D eigenvalue weighted by atomic mass is 9.88. The van der Waals surface area contributed by atoms with Crippen LogP contribution in [0.2, 0.25) is 0 Å². The van der Waals surface area contributed by atoms with E-state index in [2.05, 4.69) is 14.7 Å². The van der Waals surface area contributed by atoms with E-state index in [0.717, 1.165) is 39.3 Å². The molecule has 0 spiro atoms. The molecule has 0 aromatic carbocycles. The molecule has 3 aliphatic heterocycles. The van der Waals surface area contributed by atoms with Crippen LogP contribution in [0.1, 0.15) is 32.6 Å². The van der Waals surface area contributed by atoms with Gasteiger partial charge in [0, 0.05) is 64.3 Å². The third kappa shape index (κ3) is 18.2. The van der Waals surface area contributed by atoms with Crippen LogP contribution in [0.5, 0.6) is 0 Å². The van der Waals surface area contributed by atoms with E-state index in [9.17, 15) is 14.4 Å². The molecule has 0 aromatic heterocycles. The molecule has 0 bridgehead atoms. The van der Waals surface area contributed by atoms with Crippen molar-refractivity contribution in [2.45, 2.75) is 32.6 Å². The van der Waals surface area contributed by atoms with E-state index >= 15 is 0 Å². The lowest BCUT2D eigenvalue weighted by Gasteiger charge is -2.32. The van der Waals surface area contributed by atoms with E-state index in [-0.39, 0.29) is 57.5 Å². The maximum atomic E-state index is 12.2. The van der Waals surface area contributed by atoms with Gasteiger partial charge in [-0.05, 0) is 6.42 Å². The molecule has 0 N–H and O–H groups in total. The van der Waals surface area contributed by atoms with E-state index < -0.39 is 5.41 Å². The SMILES string of the molecule is CCC(COCCOC(=O)CCN1CCOCC1)(COCCOC(=O)CCN1CCOCC1)COCCOC(=O)CCN1CCOCC1. The van der Waals surface area contributed by atoms with Crippen LogP contribution in [0.4, 0.5) is 0 Å². The number of esters is 3. The molecule has 3 rings (SSSR count). The molecule has 0 aromatic rings. The van der Waals surface area contributed by atoms with Crippen molar-refractivity contribution in [1.29, 1.82) is 0 Å².